The van der Waals surface area contributed by atoms with Crippen molar-refractivity contribution in [3.05, 3.63) is 0 Å². The smallest absolute Gasteiger partial charge is 0.213 e. The third-order valence-electron chi connectivity index (χ3n) is 2.33. The van der Waals surface area contributed by atoms with Gasteiger partial charge in [0.25, 0.3) is 0 Å². The van der Waals surface area contributed by atoms with Crippen LogP contribution in [0.15, 0.2) is 0 Å². The predicted molar refractivity (Wildman–Crippen MR) is 45.2 cm³/mol. The van der Waals surface area contributed by atoms with Gasteiger partial charge in [0.15, 0.2) is 0 Å². The zero-order valence-electron chi connectivity index (χ0n) is 7.82. The normalized spacial score (nSPS) is 33.2. The molecule has 1 saturated heterocycles. The Morgan fingerprint density at radius 1 is 1.07 bits per heavy atom. The lowest BCUT2D eigenvalue weighted by Gasteiger charge is -2.27. The van der Waals surface area contributed by atoms with Gasteiger partial charge in [0.2, 0.25) is 5.72 Å². The number of hydrogen-bond acceptors (Lipinski definition) is 8. The Morgan fingerprint density at radius 2 is 1.60 bits per heavy atom. The maximum Gasteiger partial charge on any atom is 0.213 e. The average molecular weight is 225 g/mol. The number of aliphatic hydroxyl groups is 6. The van der Waals surface area contributed by atoms with E-state index in [0.717, 1.165) is 0 Å². The van der Waals surface area contributed by atoms with Crippen molar-refractivity contribution in [1.29, 1.82) is 0 Å². The summed E-state index contributed by atoms with van der Waals surface area (Å²) in [5.41, 5.74) is 0.670. The molecule has 0 saturated carbocycles. The summed E-state index contributed by atoms with van der Waals surface area (Å²) in [6, 6.07) is 0. The lowest BCUT2D eigenvalue weighted by Crippen LogP contribution is -2.53. The fourth-order valence-electron chi connectivity index (χ4n) is 1.14. The number of hydrogen-bond donors (Lipinski definition) is 7. The molecule has 0 aromatic carbocycles. The Hall–Kier alpha value is -0.320. The molecule has 0 radical (unpaired) electrons. The lowest BCUT2D eigenvalue weighted by atomic mass is 9.97. The van der Waals surface area contributed by atoms with E-state index >= 15 is 0 Å². The maximum absolute atomic E-state index is 9.47. The Balaban J connectivity index is 2.56. The van der Waals surface area contributed by atoms with Gasteiger partial charge in [-0.2, -0.15) is 5.48 Å². The fraction of sp³-hybridized carbons (Fsp3) is 1.00. The Kier molecular flexibility index (Phi) is 3.98. The average Bonchev–Trinajstić information content (AvgIpc) is 3.05. The van der Waals surface area contributed by atoms with Crippen LogP contribution in [0.5, 0.6) is 0 Å². The SMILES string of the molecule is OC[C@@H](O)[C@@H](O)[C@H](O)[C@@H](O)C1(CO)NO1. The van der Waals surface area contributed by atoms with Crippen molar-refractivity contribution in [2.75, 3.05) is 13.2 Å². The van der Waals surface area contributed by atoms with Crippen LogP contribution in [0.3, 0.4) is 0 Å². The van der Waals surface area contributed by atoms with E-state index in [9.17, 15) is 15.3 Å². The van der Waals surface area contributed by atoms with Crippen LogP contribution in [0.4, 0.5) is 0 Å². The van der Waals surface area contributed by atoms with Gasteiger partial charge in [-0.1, -0.05) is 0 Å². The summed E-state index contributed by atoms with van der Waals surface area (Å²) in [6.45, 7) is -1.36. The molecule has 1 aliphatic rings. The second kappa shape index (κ2) is 4.68. The van der Waals surface area contributed by atoms with Gasteiger partial charge in [-0.05, 0) is 0 Å². The monoisotopic (exact) mass is 225 g/mol. The van der Waals surface area contributed by atoms with Crippen molar-refractivity contribution < 1.29 is 35.5 Å². The molecule has 1 heterocycles. The van der Waals surface area contributed by atoms with E-state index in [4.69, 9.17) is 15.3 Å². The first kappa shape index (κ1) is 12.7. The van der Waals surface area contributed by atoms with E-state index in [2.05, 4.69) is 10.3 Å². The van der Waals surface area contributed by atoms with Gasteiger partial charge in [-0.25, -0.2) is 0 Å². The van der Waals surface area contributed by atoms with Crippen LogP contribution in [0.25, 0.3) is 0 Å². The number of rotatable bonds is 6. The van der Waals surface area contributed by atoms with E-state index < -0.39 is 43.4 Å². The number of aliphatic hydroxyl groups excluding tert-OH is 6. The van der Waals surface area contributed by atoms with E-state index in [1.54, 1.807) is 0 Å². The largest absolute Gasteiger partial charge is 0.394 e. The minimum absolute atomic E-state index is 0.604. The molecule has 0 aromatic heterocycles. The van der Waals surface area contributed by atoms with Crippen molar-refractivity contribution in [2.45, 2.75) is 30.1 Å². The summed E-state index contributed by atoms with van der Waals surface area (Å²) in [5, 5.41) is 54.4. The third kappa shape index (κ3) is 2.44. The number of nitrogens with one attached hydrogen (secondary N) is 1. The highest BCUT2D eigenvalue weighted by Crippen LogP contribution is 2.26. The third-order valence-corrected chi connectivity index (χ3v) is 2.33. The molecule has 0 aromatic rings. The van der Waals surface area contributed by atoms with E-state index in [0.29, 0.717) is 0 Å². The molecular formula is C7H15NO7. The van der Waals surface area contributed by atoms with Gasteiger partial charge < -0.3 is 30.6 Å². The summed E-state index contributed by atoms with van der Waals surface area (Å²) in [6.07, 6.45) is -6.70. The molecule has 1 unspecified atom stereocenters. The van der Waals surface area contributed by atoms with E-state index in [-0.39, 0.29) is 0 Å². The standard InChI is InChI=1S/C7H15NO7/c9-1-3(11)4(12)5(13)6(14)7(2-10)8-15-7/h3-6,8-14H,1-2H2/t3-,4-,5+,6-,7?/m1/s1. The Morgan fingerprint density at radius 3 is 1.93 bits per heavy atom. The van der Waals surface area contributed by atoms with Gasteiger partial charge in [-0.3, -0.25) is 4.84 Å². The molecule has 1 aliphatic heterocycles. The first-order valence-electron chi connectivity index (χ1n) is 4.37. The van der Waals surface area contributed by atoms with Crippen LogP contribution in [-0.4, -0.2) is 74.0 Å². The molecular weight excluding hydrogens is 210 g/mol. The molecule has 0 aliphatic carbocycles. The highest BCUT2D eigenvalue weighted by atomic mass is 16.8. The van der Waals surface area contributed by atoms with Crippen molar-refractivity contribution in [1.82, 2.24) is 5.48 Å². The summed E-state index contributed by atoms with van der Waals surface area (Å²) in [4.78, 5) is 4.53. The Bertz CT molecular complexity index is 210. The molecule has 7 N–H and O–H groups in total. The second-order valence-electron chi connectivity index (χ2n) is 3.43. The van der Waals surface area contributed by atoms with Gasteiger partial charge in [0, 0.05) is 0 Å². The van der Waals surface area contributed by atoms with Gasteiger partial charge >= 0.3 is 0 Å². The molecule has 0 amide bonds. The molecule has 15 heavy (non-hydrogen) atoms. The highest BCUT2D eigenvalue weighted by Gasteiger charge is 2.55. The summed E-state index contributed by atoms with van der Waals surface area (Å²) in [5.74, 6) is 0. The summed E-state index contributed by atoms with van der Waals surface area (Å²) >= 11 is 0. The van der Waals surface area contributed by atoms with Crippen molar-refractivity contribution in [3.8, 4) is 0 Å². The van der Waals surface area contributed by atoms with Crippen LogP contribution in [0.2, 0.25) is 0 Å². The van der Waals surface area contributed by atoms with E-state index in [1.165, 1.54) is 0 Å². The molecule has 90 valence electrons. The maximum atomic E-state index is 9.47. The zero-order valence-corrected chi connectivity index (χ0v) is 7.82. The predicted octanol–water partition coefficient (Wildman–Crippen LogP) is -4.35. The number of hydroxylamine groups is 1. The first-order valence-corrected chi connectivity index (χ1v) is 4.37. The molecule has 0 spiro atoms. The zero-order chi connectivity index (χ0) is 11.6. The highest BCUT2D eigenvalue weighted by molar-refractivity contribution is 4.97. The van der Waals surface area contributed by atoms with Crippen LogP contribution in [0, 0.1) is 0 Å². The Labute approximate surface area is 85.3 Å². The molecule has 8 heteroatoms. The first-order chi connectivity index (χ1) is 6.98. The van der Waals surface area contributed by atoms with E-state index in [1.807, 2.05) is 0 Å². The second-order valence-corrected chi connectivity index (χ2v) is 3.43. The fourth-order valence-corrected chi connectivity index (χ4v) is 1.14. The van der Waals surface area contributed by atoms with Crippen molar-refractivity contribution in [2.24, 2.45) is 0 Å². The summed E-state index contributed by atoms with van der Waals surface area (Å²) < 4.78 is 0. The quantitative estimate of drug-likeness (QED) is 0.224. The lowest BCUT2D eigenvalue weighted by molar-refractivity contribution is -0.135. The minimum Gasteiger partial charge on any atom is -0.394 e. The van der Waals surface area contributed by atoms with Gasteiger partial charge in [0.05, 0.1) is 13.2 Å². The van der Waals surface area contributed by atoms with Gasteiger partial charge in [-0.15, -0.1) is 0 Å². The van der Waals surface area contributed by atoms with Crippen LogP contribution in [0.1, 0.15) is 0 Å². The molecule has 5 atom stereocenters. The minimum atomic E-state index is -1.76. The van der Waals surface area contributed by atoms with Crippen molar-refractivity contribution >= 4 is 0 Å². The molecule has 1 fully saturated rings. The van der Waals surface area contributed by atoms with Gasteiger partial charge in [0.1, 0.15) is 24.4 Å². The van der Waals surface area contributed by atoms with Crippen molar-refractivity contribution in [3.63, 3.8) is 0 Å². The molecule has 8 nitrogen and oxygen atoms in total. The molecule has 0 bridgehead atoms. The molecule has 1 rings (SSSR count). The van der Waals surface area contributed by atoms with Crippen LogP contribution >= 0.6 is 0 Å². The van der Waals surface area contributed by atoms with Crippen LogP contribution < -0.4 is 5.48 Å². The van der Waals surface area contributed by atoms with Crippen LogP contribution in [-0.2, 0) is 4.84 Å². The summed E-state index contributed by atoms with van der Waals surface area (Å²) in [7, 11) is 0. The topological polar surface area (TPSA) is 156 Å².